The molecule has 5 atom stereocenters. The van der Waals surface area contributed by atoms with Crippen LogP contribution in [0.1, 0.15) is 64.8 Å². The number of pyridine rings is 1. The van der Waals surface area contributed by atoms with Crippen molar-refractivity contribution in [3.8, 4) is 10.6 Å². The Morgan fingerprint density at radius 3 is 2.09 bits per heavy atom. The summed E-state index contributed by atoms with van der Waals surface area (Å²) in [4.78, 5) is 67.0. The van der Waals surface area contributed by atoms with Gasteiger partial charge >= 0.3 is 12.1 Å². The van der Waals surface area contributed by atoms with Crippen LogP contribution in [-0.4, -0.2) is 99.3 Å². The molecular formula is C44H57N7O6S. The largest absolute Gasteiger partial charge is 0.453 e. The summed E-state index contributed by atoms with van der Waals surface area (Å²) in [5.74, 6) is -0.806. The summed E-state index contributed by atoms with van der Waals surface area (Å²) >= 11 is 1.49. The van der Waals surface area contributed by atoms with Crippen molar-refractivity contribution in [2.75, 3.05) is 20.2 Å². The van der Waals surface area contributed by atoms with E-state index in [1.54, 1.807) is 22.2 Å². The predicted molar refractivity (Wildman–Crippen MR) is 225 cm³/mol. The van der Waals surface area contributed by atoms with Gasteiger partial charge in [-0.1, -0.05) is 102 Å². The standard InChI is InChI=1S/C44H57N7O6S/c1-43(2,3)36(49-41(55)57-7)38(53)48-34(24-30-17-12-9-13-18-30)35(52)25-32(23-29-15-10-8-11-16-29)46-39(54)37(44(4,5)6)51-22-21-50(42(51)56)27-33-28-58-40(47-33)31-19-14-20-45-26-31/h8-20,26,28,32,34-37,52H,21-25,27H2,1-7H3,(H,46,54)(H,48,53)(H,49,55). The van der Waals surface area contributed by atoms with E-state index in [-0.39, 0.29) is 18.4 Å². The van der Waals surface area contributed by atoms with Crippen LogP contribution in [-0.2, 0) is 33.7 Å². The Morgan fingerprint density at radius 1 is 0.845 bits per heavy atom. The summed E-state index contributed by atoms with van der Waals surface area (Å²) in [5, 5.41) is 23.7. The molecule has 4 aromatic rings. The van der Waals surface area contributed by atoms with Crippen molar-refractivity contribution in [2.24, 2.45) is 10.8 Å². The number of urea groups is 1. The number of hydrogen-bond donors (Lipinski definition) is 4. The summed E-state index contributed by atoms with van der Waals surface area (Å²) in [6.07, 6.45) is 2.38. The third kappa shape index (κ3) is 11.9. The fourth-order valence-corrected chi connectivity index (χ4v) is 8.09. The van der Waals surface area contributed by atoms with Gasteiger partial charge in [0.25, 0.3) is 0 Å². The fourth-order valence-electron chi connectivity index (χ4n) is 7.28. The number of aliphatic hydroxyl groups is 1. The number of nitrogens with zero attached hydrogens (tertiary/aromatic N) is 4. The molecule has 13 nitrogen and oxygen atoms in total. The van der Waals surface area contributed by atoms with Gasteiger partial charge in [-0.05, 0) is 53.4 Å². The van der Waals surface area contributed by atoms with E-state index in [1.807, 2.05) is 120 Å². The summed E-state index contributed by atoms with van der Waals surface area (Å²) in [6.45, 7) is 12.4. The number of ether oxygens (including phenoxy) is 1. The minimum atomic E-state index is -1.12. The van der Waals surface area contributed by atoms with Crippen molar-refractivity contribution in [3.63, 3.8) is 0 Å². The number of benzene rings is 2. The molecule has 3 heterocycles. The van der Waals surface area contributed by atoms with Crippen LogP contribution in [0.4, 0.5) is 9.59 Å². The molecule has 5 unspecified atom stereocenters. The molecule has 2 aromatic heterocycles. The normalized spacial score (nSPS) is 15.9. The number of hydrogen-bond acceptors (Lipinski definition) is 9. The molecule has 2 aromatic carbocycles. The number of rotatable bonds is 16. The second-order valence-corrected chi connectivity index (χ2v) is 17.8. The van der Waals surface area contributed by atoms with Crippen molar-refractivity contribution in [1.29, 1.82) is 0 Å². The van der Waals surface area contributed by atoms with Crippen molar-refractivity contribution in [2.45, 2.75) is 97.6 Å². The Labute approximate surface area is 345 Å². The van der Waals surface area contributed by atoms with Gasteiger partial charge in [0.1, 0.15) is 17.1 Å². The van der Waals surface area contributed by atoms with Gasteiger partial charge in [-0.3, -0.25) is 14.6 Å². The maximum absolute atomic E-state index is 14.6. The van der Waals surface area contributed by atoms with Crippen LogP contribution in [0.25, 0.3) is 10.6 Å². The summed E-state index contributed by atoms with van der Waals surface area (Å²) in [7, 11) is 1.23. The van der Waals surface area contributed by atoms with Crippen LogP contribution in [0.2, 0.25) is 0 Å². The van der Waals surface area contributed by atoms with Gasteiger partial charge in [0.15, 0.2) is 0 Å². The average molecular weight is 812 g/mol. The highest BCUT2D eigenvalue weighted by Gasteiger charge is 2.44. The van der Waals surface area contributed by atoms with Gasteiger partial charge < -0.3 is 35.6 Å². The molecule has 0 bridgehead atoms. The van der Waals surface area contributed by atoms with Crippen molar-refractivity contribution >= 4 is 35.3 Å². The number of aliphatic hydroxyl groups excluding tert-OH is 1. The third-order valence-electron chi connectivity index (χ3n) is 10.2. The molecule has 0 aliphatic carbocycles. The van der Waals surface area contributed by atoms with Crippen LogP contribution in [0.3, 0.4) is 0 Å². The number of thiazole rings is 1. The zero-order valence-electron chi connectivity index (χ0n) is 34.5. The molecule has 4 N–H and O–H groups in total. The molecule has 1 aliphatic heterocycles. The lowest BCUT2D eigenvalue weighted by Crippen LogP contribution is -2.59. The third-order valence-corrected chi connectivity index (χ3v) is 11.1. The van der Waals surface area contributed by atoms with E-state index in [2.05, 4.69) is 20.9 Å². The van der Waals surface area contributed by atoms with Crippen LogP contribution in [0.15, 0.2) is 90.6 Å². The number of nitrogens with one attached hydrogen (secondary N) is 3. The minimum absolute atomic E-state index is 0.0864. The highest BCUT2D eigenvalue weighted by atomic mass is 32.1. The quantitative estimate of drug-likeness (QED) is 0.110. The molecule has 5 amide bonds. The van der Waals surface area contributed by atoms with Crippen molar-refractivity contribution in [1.82, 2.24) is 35.7 Å². The van der Waals surface area contributed by atoms with E-state index in [0.29, 0.717) is 32.5 Å². The molecule has 1 saturated heterocycles. The smallest absolute Gasteiger partial charge is 0.407 e. The van der Waals surface area contributed by atoms with Crippen molar-refractivity contribution < 1.29 is 29.0 Å². The average Bonchev–Trinajstić information content (AvgIpc) is 3.79. The Bertz CT molecular complexity index is 1970. The minimum Gasteiger partial charge on any atom is -0.453 e. The second-order valence-electron chi connectivity index (χ2n) is 17.0. The lowest BCUT2D eigenvalue weighted by Gasteiger charge is -2.38. The first kappa shape index (κ1) is 43.8. The molecule has 0 spiro atoms. The topological polar surface area (TPSA) is 166 Å². The van der Waals surface area contributed by atoms with Crippen LogP contribution in [0, 0.1) is 10.8 Å². The highest BCUT2D eigenvalue weighted by Crippen LogP contribution is 2.30. The number of aromatic nitrogens is 2. The maximum atomic E-state index is 14.6. The van der Waals surface area contributed by atoms with E-state index in [4.69, 9.17) is 9.72 Å². The Hall–Kier alpha value is -5.34. The molecule has 5 rings (SSSR count). The number of carbonyl (C=O) groups excluding carboxylic acids is 4. The SMILES string of the molecule is COC(=O)NC(C(=O)NC(Cc1ccccc1)C(O)CC(Cc1ccccc1)NC(=O)C(N1CCN(Cc2csc(-c3cccnc3)n2)C1=O)C(C)(C)C)C(C)(C)C. The number of methoxy groups -OCH3 is 1. The van der Waals surface area contributed by atoms with E-state index in [9.17, 15) is 24.3 Å². The Kier molecular flexibility index (Phi) is 14.6. The molecule has 58 heavy (non-hydrogen) atoms. The Morgan fingerprint density at radius 2 is 1.50 bits per heavy atom. The maximum Gasteiger partial charge on any atom is 0.407 e. The number of amides is 5. The first-order valence-corrected chi connectivity index (χ1v) is 20.5. The van der Waals surface area contributed by atoms with Gasteiger partial charge in [0.05, 0.1) is 31.5 Å². The van der Waals surface area contributed by atoms with E-state index in [0.717, 1.165) is 27.4 Å². The second kappa shape index (κ2) is 19.4. The van der Waals surface area contributed by atoms with Crippen LogP contribution < -0.4 is 16.0 Å². The summed E-state index contributed by atoms with van der Waals surface area (Å²) in [5.41, 5.74) is 2.18. The van der Waals surface area contributed by atoms with E-state index < -0.39 is 53.1 Å². The fraction of sp³-hybridized carbons (Fsp3) is 0.455. The van der Waals surface area contributed by atoms with Gasteiger partial charge in [-0.25, -0.2) is 14.6 Å². The lowest BCUT2D eigenvalue weighted by atomic mass is 9.84. The number of alkyl carbamates (subject to hydrolysis) is 1. The zero-order chi connectivity index (χ0) is 42.0. The molecular weight excluding hydrogens is 755 g/mol. The highest BCUT2D eigenvalue weighted by molar-refractivity contribution is 7.13. The Balaban J connectivity index is 1.36. The molecule has 14 heteroatoms. The molecule has 1 fully saturated rings. The zero-order valence-corrected chi connectivity index (χ0v) is 35.3. The first-order chi connectivity index (χ1) is 27.5. The van der Waals surface area contributed by atoms with Crippen LogP contribution in [0.5, 0.6) is 0 Å². The monoisotopic (exact) mass is 811 g/mol. The summed E-state index contributed by atoms with van der Waals surface area (Å²) < 4.78 is 4.80. The molecule has 310 valence electrons. The van der Waals surface area contributed by atoms with E-state index >= 15 is 0 Å². The van der Waals surface area contributed by atoms with Crippen LogP contribution >= 0.6 is 11.3 Å². The molecule has 0 radical (unpaired) electrons. The van der Waals surface area contributed by atoms with E-state index in [1.165, 1.54) is 18.4 Å². The van der Waals surface area contributed by atoms with Crippen molar-refractivity contribution in [3.05, 3.63) is 107 Å². The predicted octanol–water partition coefficient (Wildman–Crippen LogP) is 5.83. The molecule has 1 aliphatic rings. The van der Waals surface area contributed by atoms with Gasteiger partial charge in [-0.2, -0.15) is 0 Å². The lowest BCUT2D eigenvalue weighted by molar-refractivity contribution is -0.130. The van der Waals surface area contributed by atoms with Gasteiger partial charge in [0.2, 0.25) is 11.8 Å². The molecule has 0 saturated carbocycles. The summed E-state index contributed by atoms with van der Waals surface area (Å²) in [6, 6.07) is 19.6. The first-order valence-electron chi connectivity index (χ1n) is 19.6. The van der Waals surface area contributed by atoms with Gasteiger partial charge in [0, 0.05) is 42.5 Å². The number of carbonyl (C=O) groups is 4. The van der Waals surface area contributed by atoms with Gasteiger partial charge in [-0.15, -0.1) is 11.3 Å².